The van der Waals surface area contributed by atoms with Gasteiger partial charge < -0.3 is 10.8 Å². The third-order valence-electron chi connectivity index (χ3n) is 2.39. The molecule has 16 heavy (non-hydrogen) atoms. The van der Waals surface area contributed by atoms with Crippen molar-refractivity contribution in [2.45, 2.75) is 36.5 Å². The number of thioether (sulfide) groups is 1. The third-order valence-corrected chi connectivity index (χ3v) is 3.68. The first kappa shape index (κ1) is 12.9. The maximum absolute atomic E-state index is 9.41. The van der Waals surface area contributed by atoms with E-state index in [1.54, 1.807) is 18.7 Å². The number of nitrogens with two attached hydrogens (primary N) is 1. The fraction of sp³-hybridized carbons (Fsp3) is 0.417. The summed E-state index contributed by atoms with van der Waals surface area (Å²) in [5.74, 6) is 0. The van der Waals surface area contributed by atoms with Crippen LogP contribution in [-0.2, 0) is 6.42 Å². The molecule has 4 heteroatoms. The maximum Gasteiger partial charge on any atom is 0.0670 e. The Hall–Kier alpha value is -1.18. The van der Waals surface area contributed by atoms with Gasteiger partial charge in [0.25, 0.3) is 0 Å². The number of aliphatic hydroxyl groups excluding tert-OH is 1. The molecule has 0 saturated heterocycles. The van der Waals surface area contributed by atoms with E-state index in [1.165, 1.54) is 0 Å². The summed E-state index contributed by atoms with van der Waals surface area (Å²) in [4.78, 5) is 1.04. The molecule has 3 N–H and O–H groups in total. The Balaban J connectivity index is 2.83. The molecule has 0 radical (unpaired) electrons. The molecule has 0 aromatic heterocycles. The van der Waals surface area contributed by atoms with Crippen molar-refractivity contribution in [2.24, 2.45) is 0 Å². The zero-order valence-corrected chi connectivity index (χ0v) is 10.3. The quantitative estimate of drug-likeness (QED) is 0.621. The average molecular weight is 236 g/mol. The molecule has 2 unspecified atom stereocenters. The Morgan fingerprint density at radius 3 is 2.75 bits per heavy atom. The van der Waals surface area contributed by atoms with Crippen molar-refractivity contribution in [3.63, 3.8) is 0 Å². The van der Waals surface area contributed by atoms with Gasteiger partial charge in [-0.2, -0.15) is 5.26 Å². The molecule has 0 amide bonds. The third kappa shape index (κ3) is 3.44. The van der Waals surface area contributed by atoms with Crippen LogP contribution >= 0.6 is 11.8 Å². The summed E-state index contributed by atoms with van der Waals surface area (Å²) < 4.78 is 0. The van der Waals surface area contributed by atoms with Gasteiger partial charge in [0, 0.05) is 15.8 Å². The highest BCUT2D eigenvalue weighted by Gasteiger charge is 2.11. The van der Waals surface area contributed by atoms with Crippen LogP contribution in [-0.4, -0.2) is 16.5 Å². The van der Waals surface area contributed by atoms with Gasteiger partial charge in [-0.25, -0.2) is 0 Å². The maximum atomic E-state index is 9.41. The van der Waals surface area contributed by atoms with Gasteiger partial charge in [-0.15, -0.1) is 11.8 Å². The second-order valence-electron chi connectivity index (χ2n) is 3.76. The van der Waals surface area contributed by atoms with Gasteiger partial charge >= 0.3 is 0 Å². The number of hydrogen-bond donors (Lipinski definition) is 2. The topological polar surface area (TPSA) is 70.0 Å². The van der Waals surface area contributed by atoms with Gasteiger partial charge in [-0.1, -0.05) is 6.92 Å². The van der Waals surface area contributed by atoms with E-state index >= 15 is 0 Å². The number of benzene rings is 1. The van der Waals surface area contributed by atoms with E-state index < -0.39 is 0 Å². The first-order valence-electron chi connectivity index (χ1n) is 5.14. The Labute approximate surface area is 100 Å². The fourth-order valence-corrected chi connectivity index (χ4v) is 2.19. The summed E-state index contributed by atoms with van der Waals surface area (Å²) in [5, 5.41) is 18.2. The van der Waals surface area contributed by atoms with E-state index in [2.05, 4.69) is 6.07 Å². The highest BCUT2D eigenvalue weighted by molar-refractivity contribution is 8.00. The molecule has 1 rings (SSSR count). The Morgan fingerprint density at radius 2 is 2.19 bits per heavy atom. The zero-order chi connectivity index (χ0) is 12.1. The lowest BCUT2D eigenvalue weighted by Gasteiger charge is -2.14. The largest absolute Gasteiger partial charge is 0.398 e. The number of anilines is 1. The lowest BCUT2D eigenvalue weighted by molar-refractivity contribution is 0.196. The molecule has 2 atom stereocenters. The fourth-order valence-electron chi connectivity index (χ4n) is 1.21. The summed E-state index contributed by atoms with van der Waals surface area (Å²) in [6.45, 7) is 3.74. The highest BCUT2D eigenvalue weighted by atomic mass is 32.2. The van der Waals surface area contributed by atoms with Crippen LogP contribution in [0.25, 0.3) is 0 Å². The summed E-state index contributed by atoms with van der Waals surface area (Å²) >= 11 is 1.59. The van der Waals surface area contributed by atoms with Crippen LogP contribution in [0.2, 0.25) is 0 Å². The molecule has 0 aliphatic carbocycles. The van der Waals surface area contributed by atoms with Gasteiger partial charge in [-0.3, -0.25) is 0 Å². The molecule has 0 aliphatic heterocycles. The van der Waals surface area contributed by atoms with E-state index in [-0.39, 0.29) is 11.4 Å². The van der Waals surface area contributed by atoms with Gasteiger partial charge in [0.1, 0.15) is 0 Å². The average Bonchev–Trinajstić information content (AvgIpc) is 2.23. The second-order valence-corrected chi connectivity index (χ2v) is 5.21. The minimum Gasteiger partial charge on any atom is -0.398 e. The van der Waals surface area contributed by atoms with E-state index in [4.69, 9.17) is 11.0 Å². The molecular formula is C12H16N2OS. The van der Waals surface area contributed by atoms with Crippen molar-refractivity contribution in [2.75, 3.05) is 5.73 Å². The van der Waals surface area contributed by atoms with Crippen molar-refractivity contribution >= 4 is 17.4 Å². The van der Waals surface area contributed by atoms with Crippen molar-refractivity contribution in [1.29, 1.82) is 5.26 Å². The molecule has 86 valence electrons. The first-order valence-corrected chi connectivity index (χ1v) is 6.02. The van der Waals surface area contributed by atoms with Crippen LogP contribution in [0, 0.1) is 11.3 Å². The first-order chi connectivity index (χ1) is 7.54. The number of hydrogen-bond acceptors (Lipinski definition) is 4. The number of nitrogens with zero attached hydrogens (tertiary/aromatic N) is 1. The molecule has 0 heterocycles. The van der Waals surface area contributed by atoms with Crippen molar-refractivity contribution in [1.82, 2.24) is 0 Å². The van der Waals surface area contributed by atoms with Gasteiger partial charge in [0.2, 0.25) is 0 Å². The second kappa shape index (κ2) is 5.78. The van der Waals surface area contributed by atoms with Gasteiger partial charge in [-0.05, 0) is 30.7 Å². The van der Waals surface area contributed by atoms with Crippen molar-refractivity contribution in [3.05, 3.63) is 23.8 Å². The van der Waals surface area contributed by atoms with Crippen LogP contribution in [0.3, 0.4) is 0 Å². The number of aliphatic hydroxyl groups is 1. The molecule has 0 bridgehead atoms. The van der Waals surface area contributed by atoms with Crippen LogP contribution in [0.15, 0.2) is 23.1 Å². The van der Waals surface area contributed by atoms with Crippen molar-refractivity contribution < 1.29 is 5.11 Å². The van der Waals surface area contributed by atoms with Crippen LogP contribution in [0.4, 0.5) is 5.69 Å². The minimum absolute atomic E-state index is 0.124. The summed E-state index contributed by atoms with van der Waals surface area (Å²) in [6, 6.07) is 7.73. The van der Waals surface area contributed by atoms with Crippen LogP contribution in [0.5, 0.6) is 0 Å². The van der Waals surface area contributed by atoms with Gasteiger partial charge in [0.05, 0.1) is 18.6 Å². The monoisotopic (exact) mass is 236 g/mol. The molecular weight excluding hydrogens is 220 g/mol. The number of nitrogen functional groups attached to an aromatic ring is 1. The number of nitriles is 1. The Kier molecular flexibility index (Phi) is 4.66. The smallest absolute Gasteiger partial charge is 0.0670 e. The normalized spacial score (nSPS) is 14.1. The summed E-state index contributed by atoms with van der Waals surface area (Å²) in [6.07, 6.45) is -0.0366. The summed E-state index contributed by atoms with van der Waals surface area (Å²) in [7, 11) is 0. The van der Waals surface area contributed by atoms with E-state index in [9.17, 15) is 5.11 Å². The molecule has 0 spiro atoms. The molecule has 0 saturated carbocycles. The standard InChI is InChI=1S/C12H16N2OS/c1-8(15)9(2)16-11-3-4-12(14)10(7-11)5-6-13/h3-4,7-9,15H,5,14H2,1-2H3. The van der Waals surface area contributed by atoms with E-state index in [0.717, 1.165) is 10.5 Å². The minimum atomic E-state index is -0.359. The zero-order valence-electron chi connectivity index (χ0n) is 9.47. The SMILES string of the molecule is CC(O)C(C)Sc1ccc(N)c(CC#N)c1. The Morgan fingerprint density at radius 1 is 1.50 bits per heavy atom. The molecule has 1 aromatic rings. The van der Waals surface area contributed by atoms with Crippen LogP contribution < -0.4 is 5.73 Å². The predicted octanol–water partition coefficient (Wildman–Crippen LogP) is 2.20. The van der Waals surface area contributed by atoms with E-state index in [1.807, 2.05) is 25.1 Å². The molecule has 0 fully saturated rings. The predicted molar refractivity (Wildman–Crippen MR) is 67.2 cm³/mol. The van der Waals surface area contributed by atoms with Crippen LogP contribution in [0.1, 0.15) is 19.4 Å². The molecule has 3 nitrogen and oxygen atoms in total. The molecule has 1 aromatic carbocycles. The lowest BCUT2D eigenvalue weighted by atomic mass is 10.1. The molecule has 0 aliphatic rings. The van der Waals surface area contributed by atoms with Gasteiger partial charge in [0.15, 0.2) is 0 Å². The highest BCUT2D eigenvalue weighted by Crippen LogP contribution is 2.28. The summed E-state index contributed by atoms with van der Waals surface area (Å²) in [5.41, 5.74) is 7.26. The van der Waals surface area contributed by atoms with E-state index in [0.29, 0.717) is 12.1 Å². The Bertz CT molecular complexity index is 398. The number of rotatable bonds is 4. The lowest BCUT2D eigenvalue weighted by Crippen LogP contribution is -2.14. The van der Waals surface area contributed by atoms with Crippen molar-refractivity contribution in [3.8, 4) is 6.07 Å².